The van der Waals surface area contributed by atoms with Gasteiger partial charge in [0, 0.05) is 12.1 Å². The van der Waals surface area contributed by atoms with E-state index in [1.165, 1.54) is 0 Å². The molecule has 2 aromatic rings. The molecule has 0 atom stereocenters. The van der Waals surface area contributed by atoms with Crippen molar-refractivity contribution < 1.29 is 0 Å². The normalized spacial score (nSPS) is 10.3. The number of nitrogens with one attached hydrogen (secondary N) is 2. The Balaban J connectivity index is 1.89. The SMILES string of the molecule is NCCc1n[nH]c(CNc2ccccc2)n1. The number of para-hydroxylation sites is 1. The van der Waals surface area contributed by atoms with E-state index in [2.05, 4.69) is 20.5 Å². The fourth-order valence-electron chi connectivity index (χ4n) is 1.40. The highest BCUT2D eigenvalue weighted by molar-refractivity contribution is 5.42. The van der Waals surface area contributed by atoms with Crippen molar-refractivity contribution in [2.24, 2.45) is 5.73 Å². The summed E-state index contributed by atoms with van der Waals surface area (Å²) in [6.45, 7) is 1.21. The Morgan fingerprint density at radius 2 is 2.06 bits per heavy atom. The lowest BCUT2D eigenvalue weighted by Crippen LogP contribution is -2.04. The molecule has 0 saturated heterocycles. The van der Waals surface area contributed by atoms with Crippen LogP contribution in [0.5, 0.6) is 0 Å². The van der Waals surface area contributed by atoms with Crippen molar-refractivity contribution in [2.75, 3.05) is 11.9 Å². The Bertz CT molecular complexity index is 423. The first kappa shape index (κ1) is 10.6. The number of hydrogen-bond acceptors (Lipinski definition) is 4. The van der Waals surface area contributed by atoms with Gasteiger partial charge in [0.05, 0.1) is 6.54 Å². The molecular weight excluding hydrogens is 202 g/mol. The molecule has 2 rings (SSSR count). The second-order valence-corrected chi connectivity index (χ2v) is 3.46. The number of aromatic amines is 1. The second-order valence-electron chi connectivity index (χ2n) is 3.46. The highest BCUT2D eigenvalue weighted by atomic mass is 15.2. The van der Waals surface area contributed by atoms with Gasteiger partial charge < -0.3 is 11.1 Å². The summed E-state index contributed by atoms with van der Waals surface area (Å²) in [6.07, 6.45) is 0.710. The van der Waals surface area contributed by atoms with E-state index in [0.717, 1.165) is 17.3 Å². The number of aromatic nitrogens is 3. The van der Waals surface area contributed by atoms with E-state index < -0.39 is 0 Å². The largest absolute Gasteiger partial charge is 0.378 e. The third kappa shape index (κ3) is 2.80. The van der Waals surface area contributed by atoms with Gasteiger partial charge in [-0.3, -0.25) is 5.10 Å². The Hall–Kier alpha value is -1.88. The molecule has 0 amide bonds. The molecule has 0 spiro atoms. The molecule has 0 unspecified atom stereocenters. The molecule has 1 heterocycles. The van der Waals surface area contributed by atoms with Crippen molar-refractivity contribution in [1.29, 1.82) is 0 Å². The quantitative estimate of drug-likeness (QED) is 0.695. The fraction of sp³-hybridized carbons (Fsp3) is 0.273. The molecule has 0 aliphatic rings. The summed E-state index contributed by atoms with van der Waals surface area (Å²) >= 11 is 0. The van der Waals surface area contributed by atoms with Gasteiger partial charge in [0.1, 0.15) is 5.82 Å². The third-order valence-corrected chi connectivity index (χ3v) is 2.18. The minimum absolute atomic E-state index is 0.573. The molecule has 1 aromatic heterocycles. The summed E-state index contributed by atoms with van der Waals surface area (Å²) in [7, 11) is 0. The van der Waals surface area contributed by atoms with Crippen molar-refractivity contribution in [3.63, 3.8) is 0 Å². The van der Waals surface area contributed by atoms with Crippen LogP contribution in [-0.2, 0) is 13.0 Å². The van der Waals surface area contributed by atoms with Gasteiger partial charge in [0.2, 0.25) is 0 Å². The predicted molar refractivity (Wildman–Crippen MR) is 62.9 cm³/mol. The van der Waals surface area contributed by atoms with Gasteiger partial charge in [-0.05, 0) is 18.7 Å². The number of nitrogens with two attached hydrogens (primary N) is 1. The second kappa shape index (κ2) is 5.27. The van der Waals surface area contributed by atoms with Gasteiger partial charge in [-0.1, -0.05) is 18.2 Å². The highest BCUT2D eigenvalue weighted by Gasteiger charge is 2.01. The summed E-state index contributed by atoms with van der Waals surface area (Å²) in [5.74, 6) is 1.60. The van der Waals surface area contributed by atoms with E-state index >= 15 is 0 Å². The van der Waals surface area contributed by atoms with Crippen LogP contribution in [0.2, 0.25) is 0 Å². The van der Waals surface area contributed by atoms with Crippen molar-refractivity contribution in [2.45, 2.75) is 13.0 Å². The summed E-state index contributed by atoms with van der Waals surface area (Å²) in [5, 5.41) is 10.2. The lowest BCUT2D eigenvalue weighted by atomic mass is 10.3. The number of nitrogens with zero attached hydrogens (tertiary/aromatic N) is 2. The van der Waals surface area contributed by atoms with Crippen LogP contribution in [0.15, 0.2) is 30.3 Å². The molecule has 0 fully saturated rings. The molecule has 0 aliphatic heterocycles. The van der Waals surface area contributed by atoms with E-state index in [4.69, 9.17) is 5.73 Å². The lowest BCUT2D eigenvalue weighted by Gasteiger charge is -2.02. The maximum absolute atomic E-state index is 5.43. The molecule has 0 saturated carbocycles. The molecule has 1 aromatic carbocycles. The van der Waals surface area contributed by atoms with Crippen LogP contribution in [0.3, 0.4) is 0 Å². The van der Waals surface area contributed by atoms with Gasteiger partial charge in [-0.2, -0.15) is 5.10 Å². The zero-order valence-electron chi connectivity index (χ0n) is 8.98. The minimum atomic E-state index is 0.573. The Morgan fingerprint density at radius 3 is 2.81 bits per heavy atom. The van der Waals surface area contributed by atoms with E-state index in [1.807, 2.05) is 30.3 Å². The van der Waals surface area contributed by atoms with Crippen LogP contribution >= 0.6 is 0 Å². The smallest absolute Gasteiger partial charge is 0.152 e. The number of benzene rings is 1. The average Bonchev–Trinajstić information content (AvgIpc) is 2.76. The van der Waals surface area contributed by atoms with E-state index in [0.29, 0.717) is 19.5 Å². The topological polar surface area (TPSA) is 79.6 Å². The summed E-state index contributed by atoms with van der Waals surface area (Å²) < 4.78 is 0. The summed E-state index contributed by atoms with van der Waals surface area (Å²) in [4.78, 5) is 4.31. The number of H-pyrrole nitrogens is 1. The molecule has 4 N–H and O–H groups in total. The van der Waals surface area contributed by atoms with Crippen molar-refractivity contribution >= 4 is 5.69 Å². The van der Waals surface area contributed by atoms with Crippen LogP contribution in [-0.4, -0.2) is 21.7 Å². The van der Waals surface area contributed by atoms with Crippen LogP contribution in [0.1, 0.15) is 11.6 Å². The van der Waals surface area contributed by atoms with E-state index in [-0.39, 0.29) is 0 Å². The minimum Gasteiger partial charge on any atom is -0.378 e. The molecule has 0 aliphatic carbocycles. The standard InChI is InChI=1S/C11H15N5/c12-7-6-10-14-11(16-15-10)8-13-9-4-2-1-3-5-9/h1-5,13H,6-8,12H2,(H,14,15,16). The molecular formula is C11H15N5. The maximum atomic E-state index is 5.43. The Labute approximate surface area is 94.1 Å². The Morgan fingerprint density at radius 1 is 1.25 bits per heavy atom. The van der Waals surface area contributed by atoms with Crippen LogP contribution in [0.4, 0.5) is 5.69 Å². The third-order valence-electron chi connectivity index (χ3n) is 2.18. The number of rotatable bonds is 5. The van der Waals surface area contributed by atoms with E-state index in [1.54, 1.807) is 0 Å². The molecule has 5 heteroatoms. The molecule has 0 radical (unpaired) electrons. The molecule has 84 valence electrons. The van der Waals surface area contributed by atoms with Gasteiger partial charge in [0.15, 0.2) is 5.82 Å². The summed E-state index contributed by atoms with van der Waals surface area (Å²) in [5.41, 5.74) is 6.49. The monoisotopic (exact) mass is 217 g/mol. The van der Waals surface area contributed by atoms with Gasteiger partial charge in [-0.15, -0.1) is 0 Å². The van der Waals surface area contributed by atoms with Gasteiger partial charge in [0.25, 0.3) is 0 Å². The highest BCUT2D eigenvalue weighted by Crippen LogP contribution is 2.06. The lowest BCUT2D eigenvalue weighted by molar-refractivity contribution is 0.874. The summed E-state index contributed by atoms with van der Waals surface area (Å²) in [6, 6.07) is 9.98. The number of hydrogen-bond donors (Lipinski definition) is 3. The van der Waals surface area contributed by atoms with Crippen LogP contribution in [0.25, 0.3) is 0 Å². The first-order valence-corrected chi connectivity index (χ1v) is 5.27. The van der Waals surface area contributed by atoms with Crippen molar-refractivity contribution in [1.82, 2.24) is 15.2 Å². The van der Waals surface area contributed by atoms with Crippen LogP contribution in [0, 0.1) is 0 Å². The maximum Gasteiger partial charge on any atom is 0.152 e. The Kier molecular flexibility index (Phi) is 3.50. The molecule has 5 nitrogen and oxygen atoms in total. The number of anilines is 1. The van der Waals surface area contributed by atoms with Crippen LogP contribution < -0.4 is 11.1 Å². The predicted octanol–water partition coefficient (Wildman–Crippen LogP) is 0.918. The first-order valence-electron chi connectivity index (χ1n) is 5.27. The van der Waals surface area contributed by atoms with E-state index in [9.17, 15) is 0 Å². The zero-order chi connectivity index (χ0) is 11.2. The van der Waals surface area contributed by atoms with Crippen molar-refractivity contribution in [3.8, 4) is 0 Å². The van der Waals surface area contributed by atoms with Crippen molar-refractivity contribution in [3.05, 3.63) is 42.0 Å². The fourth-order valence-corrected chi connectivity index (χ4v) is 1.40. The molecule has 16 heavy (non-hydrogen) atoms. The first-order chi connectivity index (χ1) is 7.88. The molecule has 0 bridgehead atoms. The average molecular weight is 217 g/mol. The zero-order valence-corrected chi connectivity index (χ0v) is 8.98. The van der Waals surface area contributed by atoms with Gasteiger partial charge in [-0.25, -0.2) is 4.98 Å². The van der Waals surface area contributed by atoms with Gasteiger partial charge >= 0.3 is 0 Å².